The number of carbonyl (C=O) groups is 2. The lowest BCUT2D eigenvalue weighted by Gasteiger charge is -2.26. The summed E-state index contributed by atoms with van der Waals surface area (Å²) in [7, 11) is 1.77. The third kappa shape index (κ3) is 5.70. The number of benzene rings is 2. The van der Waals surface area contributed by atoms with Gasteiger partial charge in [0.25, 0.3) is 0 Å². The Kier molecular flexibility index (Phi) is 7.20. The first-order chi connectivity index (χ1) is 16.6. The van der Waals surface area contributed by atoms with E-state index in [1.165, 1.54) is 0 Å². The molecule has 1 aliphatic heterocycles. The van der Waals surface area contributed by atoms with Crippen LogP contribution in [0.15, 0.2) is 48.5 Å². The van der Waals surface area contributed by atoms with E-state index in [0.29, 0.717) is 18.4 Å². The van der Waals surface area contributed by atoms with Crippen LogP contribution in [0.2, 0.25) is 0 Å². The van der Waals surface area contributed by atoms with Gasteiger partial charge >= 0.3 is 6.18 Å². The van der Waals surface area contributed by atoms with Gasteiger partial charge in [-0.1, -0.05) is 41.6 Å². The highest BCUT2D eigenvalue weighted by atomic mass is 19.4. The number of fused-ring (bicyclic) bond motifs is 1. The highest BCUT2D eigenvalue weighted by Crippen LogP contribution is 2.37. The zero-order valence-electron chi connectivity index (χ0n) is 19.4. The number of aryl methyl sites for hydroxylation is 3. The molecule has 1 aromatic heterocycles. The molecule has 0 bridgehead atoms. The summed E-state index contributed by atoms with van der Waals surface area (Å²) in [6.45, 7) is -0.538. The molecular formula is C25H28F3N5O2. The monoisotopic (exact) mass is 487 g/mol. The predicted octanol–water partition coefficient (Wildman–Crippen LogP) is 3.21. The van der Waals surface area contributed by atoms with Crippen LogP contribution >= 0.6 is 0 Å². The molecule has 4 rings (SSSR count). The van der Waals surface area contributed by atoms with Crippen LogP contribution in [-0.2, 0) is 29.5 Å². The van der Waals surface area contributed by atoms with Gasteiger partial charge in [0.1, 0.15) is 5.52 Å². The Labute approximate surface area is 201 Å². The molecule has 2 N–H and O–H groups in total. The average molecular weight is 488 g/mol. The SMILES string of the molecule is Cn1nnc2cc(CCC(=O)C3CC(C(F)(F)F)CN3C(=O)C(N)CCc3ccccc3)ccc21. The summed E-state index contributed by atoms with van der Waals surface area (Å²) in [6.07, 6.45) is -3.76. The maximum atomic E-state index is 13.5. The van der Waals surface area contributed by atoms with Crippen LogP contribution in [0.4, 0.5) is 13.2 Å². The minimum absolute atomic E-state index is 0.0179. The lowest BCUT2D eigenvalue weighted by atomic mass is 9.98. The van der Waals surface area contributed by atoms with Crippen molar-refractivity contribution in [1.29, 1.82) is 0 Å². The van der Waals surface area contributed by atoms with Crippen molar-refractivity contribution in [2.45, 2.75) is 50.4 Å². The lowest BCUT2D eigenvalue weighted by Crippen LogP contribution is -2.49. The van der Waals surface area contributed by atoms with Crippen LogP contribution < -0.4 is 5.73 Å². The second-order valence-electron chi connectivity index (χ2n) is 9.11. The molecule has 0 saturated carbocycles. The molecule has 0 spiro atoms. The standard InChI is InChI=1S/C25H28F3N5O2/c1-32-21-11-8-17(13-20(21)30-31-32)9-12-23(34)22-14-18(25(26,27)28)15-33(22)24(35)19(29)10-7-16-5-3-2-4-6-16/h2-6,8,11,13,18-19,22H,7,9-10,12,14-15,29H2,1H3. The summed E-state index contributed by atoms with van der Waals surface area (Å²) in [5, 5.41) is 7.99. The first-order valence-electron chi connectivity index (χ1n) is 11.6. The zero-order valence-corrected chi connectivity index (χ0v) is 19.4. The summed E-state index contributed by atoms with van der Waals surface area (Å²) >= 11 is 0. The molecule has 1 amide bonds. The van der Waals surface area contributed by atoms with E-state index in [1.807, 2.05) is 48.5 Å². The molecule has 35 heavy (non-hydrogen) atoms. The van der Waals surface area contributed by atoms with E-state index < -0.39 is 43.1 Å². The number of carbonyl (C=O) groups excluding carboxylic acids is 2. The van der Waals surface area contributed by atoms with Crippen molar-refractivity contribution in [3.8, 4) is 0 Å². The third-order valence-corrected chi connectivity index (χ3v) is 6.66. The van der Waals surface area contributed by atoms with Gasteiger partial charge in [-0.05, 0) is 48.9 Å². The molecule has 3 unspecified atom stereocenters. The van der Waals surface area contributed by atoms with Crippen LogP contribution in [0, 0.1) is 5.92 Å². The Morgan fingerprint density at radius 3 is 2.57 bits per heavy atom. The van der Waals surface area contributed by atoms with Gasteiger partial charge in [-0.2, -0.15) is 13.2 Å². The van der Waals surface area contributed by atoms with Crippen molar-refractivity contribution in [1.82, 2.24) is 19.9 Å². The molecule has 1 saturated heterocycles. The Balaban J connectivity index is 1.43. The number of halogens is 3. The van der Waals surface area contributed by atoms with Gasteiger partial charge in [0.05, 0.1) is 23.5 Å². The quantitative estimate of drug-likeness (QED) is 0.527. The molecule has 0 aliphatic carbocycles. The van der Waals surface area contributed by atoms with Crippen LogP contribution in [0.1, 0.15) is 30.4 Å². The molecule has 1 aliphatic rings. The second-order valence-corrected chi connectivity index (χ2v) is 9.11. The summed E-state index contributed by atoms with van der Waals surface area (Å²) < 4.78 is 42.2. The van der Waals surface area contributed by atoms with Gasteiger partial charge < -0.3 is 10.6 Å². The maximum Gasteiger partial charge on any atom is 0.393 e. The normalized spacial score (nSPS) is 19.3. The first-order valence-corrected chi connectivity index (χ1v) is 11.6. The molecule has 10 heteroatoms. The largest absolute Gasteiger partial charge is 0.393 e. The van der Waals surface area contributed by atoms with Gasteiger partial charge in [-0.15, -0.1) is 5.10 Å². The van der Waals surface area contributed by atoms with Crippen molar-refractivity contribution >= 4 is 22.7 Å². The smallest absolute Gasteiger partial charge is 0.331 e. The fraction of sp³-hybridized carbons (Fsp3) is 0.440. The third-order valence-electron chi connectivity index (χ3n) is 6.66. The Morgan fingerprint density at radius 2 is 1.86 bits per heavy atom. The van der Waals surface area contributed by atoms with Gasteiger partial charge in [-0.25, -0.2) is 4.68 Å². The Bertz CT molecular complexity index is 1190. The molecular weight excluding hydrogens is 459 g/mol. The van der Waals surface area contributed by atoms with Gasteiger partial charge in [0.2, 0.25) is 5.91 Å². The number of likely N-dealkylation sites (tertiary alicyclic amines) is 1. The predicted molar refractivity (Wildman–Crippen MR) is 124 cm³/mol. The van der Waals surface area contributed by atoms with Crippen molar-refractivity contribution in [3.05, 3.63) is 59.7 Å². The highest BCUT2D eigenvalue weighted by Gasteiger charge is 2.50. The van der Waals surface area contributed by atoms with Crippen molar-refractivity contribution < 1.29 is 22.8 Å². The van der Waals surface area contributed by atoms with Gasteiger partial charge in [0, 0.05) is 20.0 Å². The fourth-order valence-corrected chi connectivity index (χ4v) is 4.60. The molecule has 0 radical (unpaired) electrons. The molecule has 1 fully saturated rings. The average Bonchev–Trinajstić information content (AvgIpc) is 3.45. The van der Waals surface area contributed by atoms with Crippen LogP contribution in [0.5, 0.6) is 0 Å². The number of ketones is 1. The molecule has 2 aromatic carbocycles. The number of hydrogen-bond donors (Lipinski definition) is 1. The number of hydrogen-bond acceptors (Lipinski definition) is 5. The van der Waals surface area contributed by atoms with Crippen LogP contribution in [0.3, 0.4) is 0 Å². The van der Waals surface area contributed by atoms with E-state index in [2.05, 4.69) is 10.3 Å². The van der Waals surface area contributed by atoms with Crippen molar-refractivity contribution in [2.75, 3.05) is 6.54 Å². The fourth-order valence-electron chi connectivity index (χ4n) is 4.60. The molecule has 2 heterocycles. The molecule has 7 nitrogen and oxygen atoms in total. The minimum Gasteiger partial charge on any atom is -0.331 e. The molecule has 186 valence electrons. The lowest BCUT2D eigenvalue weighted by molar-refractivity contribution is -0.171. The summed E-state index contributed by atoms with van der Waals surface area (Å²) in [5.74, 6) is -2.73. The molecule has 3 atom stereocenters. The number of amides is 1. The van der Waals surface area contributed by atoms with E-state index in [9.17, 15) is 22.8 Å². The highest BCUT2D eigenvalue weighted by molar-refractivity contribution is 5.91. The second kappa shape index (κ2) is 10.2. The Morgan fingerprint density at radius 1 is 1.11 bits per heavy atom. The number of Topliss-reactive ketones (excluding diaryl/α,β-unsaturated/α-hetero) is 1. The van der Waals surface area contributed by atoms with E-state index in [-0.39, 0.29) is 18.6 Å². The van der Waals surface area contributed by atoms with E-state index >= 15 is 0 Å². The maximum absolute atomic E-state index is 13.5. The van der Waals surface area contributed by atoms with Gasteiger partial charge in [-0.3, -0.25) is 9.59 Å². The van der Waals surface area contributed by atoms with Crippen LogP contribution in [-0.4, -0.2) is 56.4 Å². The number of rotatable bonds is 8. The molecule has 3 aromatic rings. The van der Waals surface area contributed by atoms with E-state index in [1.54, 1.807) is 11.7 Å². The Hall–Kier alpha value is -3.27. The van der Waals surface area contributed by atoms with E-state index in [4.69, 9.17) is 5.73 Å². The number of nitrogens with zero attached hydrogens (tertiary/aromatic N) is 4. The number of alkyl halides is 3. The summed E-state index contributed by atoms with van der Waals surface area (Å²) in [5.41, 5.74) is 9.41. The minimum atomic E-state index is -4.49. The van der Waals surface area contributed by atoms with Gasteiger partial charge in [0.15, 0.2) is 5.78 Å². The zero-order chi connectivity index (χ0) is 25.2. The van der Waals surface area contributed by atoms with E-state index in [0.717, 1.165) is 21.5 Å². The van der Waals surface area contributed by atoms with Crippen molar-refractivity contribution in [3.63, 3.8) is 0 Å². The topological polar surface area (TPSA) is 94.1 Å². The summed E-state index contributed by atoms with van der Waals surface area (Å²) in [6, 6.07) is 12.8. The van der Waals surface area contributed by atoms with Crippen LogP contribution in [0.25, 0.3) is 11.0 Å². The first kappa shape index (κ1) is 24.8. The van der Waals surface area contributed by atoms with Crippen molar-refractivity contribution in [2.24, 2.45) is 18.7 Å². The number of nitrogens with two attached hydrogens (primary N) is 1. The summed E-state index contributed by atoms with van der Waals surface area (Å²) in [4.78, 5) is 27.1. The number of aromatic nitrogens is 3.